The molecule has 42 heavy (non-hydrogen) atoms. The third kappa shape index (κ3) is 8.82. The Hall–Kier alpha value is -3.86. The summed E-state index contributed by atoms with van der Waals surface area (Å²) < 4.78 is 73.6. The van der Waals surface area contributed by atoms with Gasteiger partial charge in [0.05, 0.1) is 16.5 Å². The quantitative estimate of drug-likeness (QED) is 0.140. The molecule has 0 radical (unpaired) electrons. The highest BCUT2D eigenvalue weighted by molar-refractivity contribution is 7.82. The Morgan fingerprint density at radius 2 is 1.52 bits per heavy atom. The summed E-state index contributed by atoms with van der Waals surface area (Å²) in [5.41, 5.74) is 11.0. The molecule has 0 bridgehead atoms. The molecule has 0 amide bonds. The lowest BCUT2D eigenvalue weighted by Crippen LogP contribution is -2.37. The smallest absolute Gasteiger partial charge is 0.392 e. The monoisotopic (exact) mass is 603 g/mol. The lowest BCUT2D eigenvalue weighted by Gasteiger charge is -2.47. The van der Waals surface area contributed by atoms with Crippen molar-refractivity contribution in [3.63, 3.8) is 0 Å². The van der Waals surface area contributed by atoms with E-state index in [0.717, 1.165) is 19.3 Å². The maximum atomic E-state index is 12.9. The molecule has 0 saturated heterocycles. The molecule has 1 heterocycles. The average molecular weight is 604 g/mol. The zero-order chi connectivity index (χ0) is 31.7. The summed E-state index contributed by atoms with van der Waals surface area (Å²) in [4.78, 5) is 0.432. The minimum absolute atomic E-state index is 0.0260. The largest absolute Gasteiger partial charge is 0.399 e. The number of nitrogens with two attached hydrogens (primary N) is 2. The molecule has 5 N–H and O–H groups in total. The molecule has 6 rings (SSSR count). The van der Waals surface area contributed by atoms with Gasteiger partial charge in [-0.2, -0.15) is 13.2 Å². The third-order valence-electron chi connectivity index (χ3n) is 7.52. The van der Waals surface area contributed by atoms with Crippen LogP contribution in [-0.4, -0.2) is 10.4 Å². The highest BCUT2D eigenvalue weighted by Crippen LogP contribution is 2.58. The first-order chi connectivity index (χ1) is 19.9. The molecule has 4 nitrogen and oxygen atoms in total. The summed E-state index contributed by atoms with van der Waals surface area (Å²) in [6.45, 7) is 2.22. The first kappa shape index (κ1) is 34.3. The van der Waals surface area contributed by atoms with E-state index in [-0.39, 0.29) is 35.8 Å². The number of terminal acetylenes is 2. The number of anilines is 1. The Morgan fingerprint density at radius 3 is 2.02 bits per heavy atom. The predicted octanol–water partition coefficient (Wildman–Crippen LogP) is 7.16. The zero-order valence-electron chi connectivity index (χ0n) is 23.1. The van der Waals surface area contributed by atoms with Gasteiger partial charge < -0.3 is 11.1 Å². The molecule has 0 spiro atoms. The van der Waals surface area contributed by atoms with Gasteiger partial charge in [-0.25, -0.2) is 18.1 Å². The van der Waals surface area contributed by atoms with E-state index in [1.54, 1.807) is 0 Å². The number of halogens is 5. The van der Waals surface area contributed by atoms with Gasteiger partial charge in [0.25, 0.3) is 0 Å². The molecule has 2 aromatic rings. The molecule has 10 heteroatoms. The predicted molar refractivity (Wildman–Crippen MR) is 158 cm³/mol. The van der Waals surface area contributed by atoms with Crippen LogP contribution < -0.4 is 16.2 Å². The van der Waals surface area contributed by atoms with E-state index in [1.165, 1.54) is 71.1 Å². The number of nitrogens with one attached hydrogen (secondary N) is 1. The van der Waals surface area contributed by atoms with Crippen LogP contribution in [0.3, 0.4) is 0 Å². The summed E-state index contributed by atoms with van der Waals surface area (Å²) in [5.74, 6) is -1.62. The molecule has 2 aromatic carbocycles. The summed E-state index contributed by atoms with van der Waals surface area (Å²) in [7, 11) is -1.50. The lowest BCUT2D eigenvalue weighted by atomic mass is 9.58. The zero-order valence-corrected chi connectivity index (χ0v) is 24.0. The standard InChI is InChI=1S/C16H18F3N.C6H6FNOS.C6H6FN.2C2H2/c1-15-8-14-13(20-14)7-10(15)3-2-9-6-11(16(17,18)19)4-5-12(9)15;7-5-1-3-6(4-2-5)10(8)9;7-5-1-3-6(8)4-2-5;2*1-2/h5,7,9,11,20H,2-4,6,8H2,1H3;1-4H,8H2;1-4H,8H2;2*1-2H/t9?,11-,15+;;;;/m1..../s1. The Kier molecular flexibility index (Phi) is 12.1. The summed E-state index contributed by atoms with van der Waals surface area (Å²) in [5, 5.41) is 8.30. The maximum absolute atomic E-state index is 12.9. The fourth-order valence-corrected chi connectivity index (χ4v) is 5.81. The topological polar surface area (TPSA) is 91.0 Å². The van der Waals surface area contributed by atoms with E-state index in [9.17, 15) is 26.2 Å². The molecule has 4 aliphatic rings. The summed E-state index contributed by atoms with van der Waals surface area (Å²) >= 11 is 0. The van der Waals surface area contributed by atoms with Gasteiger partial charge in [-0.05, 0) is 86.2 Å². The molecule has 1 fully saturated rings. The van der Waals surface area contributed by atoms with Crippen LogP contribution in [0.5, 0.6) is 0 Å². The Morgan fingerprint density at radius 1 is 0.976 bits per heavy atom. The number of hydrogen-bond acceptors (Lipinski definition) is 3. The van der Waals surface area contributed by atoms with Gasteiger partial charge in [0.1, 0.15) is 22.6 Å². The number of fused-ring (bicyclic) bond motifs is 3. The number of benzene rings is 2. The van der Waals surface area contributed by atoms with Gasteiger partial charge in [0.2, 0.25) is 0 Å². The van der Waals surface area contributed by atoms with Gasteiger partial charge >= 0.3 is 6.18 Å². The van der Waals surface area contributed by atoms with Crippen molar-refractivity contribution in [3.05, 3.63) is 94.9 Å². The van der Waals surface area contributed by atoms with E-state index in [4.69, 9.17) is 10.9 Å². The van der Waals surface area contributed by atoms with E-state index < -0.39 is 23.1 Å². The van der Waals surface area contributed by atoms with Crippen LogP contribution in [0.15, 0.2) is 88.1 Å². The lowest BCUT2D eigenvalue weighted by molar-refractivity contribution is -0.179. The van der Waals surface area contributed by atoms with Crippen molar-refractivity contribution >= 4 is 16.7 Å². The van der Waals surface area contributed by atoms with E-state index in [2.05, 4.69) is 44.0 Å². The fraction of sp³-hybridized carbons (Fsp3) is 0.312. The van der Waals surface area contributed by atoms with Crippen LogP contribution in [0.25, 0.3) is 0 Å². The Labute approximate surface area is 246 Å². The Bertz CT molecular complexity index is 1350. The van der Waals surface area contributed by atoms with Crippen molar-refractivity contribution in [1.29, 1.82) is 0 Å². The number of hydrogen-bond donors (Lipinski definition) is 3. The SMILES string of the molecule is C#C.C#C.C[C@]12CC3=C(C=C1CCC1C[C@H](C(F)(F)F)CC=C12)N3.NS(=O)c1ccc(F)cc1.Nc1ccc(F)cc1. The molecule has 224 valence electrons. The van der Waals surface area contributed by atoms with Crippen molar-refractivity contribution < 1.29 is 26.2 Å². The normalized spacial score (nSPS) is 23.5. The maximum Gasteiger partial charge on any atom is 0.392 e. The van der Waals surface area contributed by atoms with Crippen molar-refractivity contribution in [1.82, 2.24) is 5.32 Å². The van der Waals surface area contributed by atoms with Gasteiger partial charge in [-0.3, -0.25) is 0 Å². The van der Waals surface area contributed by atoms with Crippen molar-refractivity contribution in [2.45, 2.75) is 50.1 Å². The minimum atomic E-state index is -4.04. The van der Waals surface area contributed by atoms with E-state index >= 15 is 0 Å². The molecule has 1 aliphatic heterocycles. The number of allylic oxidation sites excluding steroid dienone is 5. The number of nitrogen functional groups attached to an aromatic ring is 1. The van der Waals surface area contributed by atoms with Crippen molar-refractivity contribution in [2.75, 3.05) is 5.73 Å². The average Bonchev–Trinajstić information content (AvgIpc) is 3.73. The van der Waals surface area contributed by atoms with Crippen LogP contribution in [-0.2, 0) is 11.0 Å². The molecule has 1 saturated carbocycles. The molecule has 4 atom stereocenters. The van der Waals surface area contributed by atoms with Crippen LogP contribution in [0, 0.1) is 54.6 Å². The highest BCUT2D eigenvalue weighted by Gasteiger charge is 2.50. The van der Waals surface area contributed by atoms with E-state index in [1.807, 2.05) is 6.08 Å². The molecule has 3 aliphatic carbocycles. The van der Waals surface area contributed by atoms with Gasteiger partial charge in [-0.1, -0.05) is 24.1 Å². The fourth-order valence-electron chi connectivity index (χ4n) is 5.41. The highest BCUT2D eigenvalue weighted by atomic mass is 32.2. The second kappa shape index (κ2) is 14.9. The molecular formula is C32H34F5N3OS. The number of rotatable bonds is 1. The van der Waals surface area contributed by atoms with Crippen molar-refractivity contribution in [3.8, 4) is 25.7 Å². The van der Waals surface area contributed by atoms with E-state index in [0.29, 0.717) is 10.6 Å². The van der Waals surface area contributed by atoms with Gasteiger partial charge in [-0.15, -0.1) is 25.7 Å². The van der Waals surface area contributed by atoms with Gasteiger partial charge in [0, 0.05) is 23.2 Å². The molecular weight excluding hydrogens is 569 g/mol. The molecule has 2 unspecified atom stereocenters. The van der Waals surface area contributed by atoms with Gasteiger partial charge in [0.15, 0.2) is 0 Å². The summed E-state index contributed by atoms with van der Waals surface area (Å²) in [6.07, 6.45) is 19.3. The van der Waals surface area contributed by atoms with Crippen LogP contribution >= 0.6 is 0 Å². The second-order valence-electron chi connectivity index (χ2n) is 10.1. The van der Waals surface area contributed by atoms with Crippen LogP contribution in [0.4, 0.5) is 27.6 Å². The Balaban J connectivity index is 0.000000236. The second-order valence-corrected chi connectivity index (χ2v) is 11.2. The first-order valence-electron chi connectivity index (χ1n) is 12.9. The van der Waals surface area contributed by atoms with Crippen LogP contribution in [0.2, 0.25) is 0 Å². The minimum Gasteiger partial charge on any atom is -0.399 e. The molecule has 0 aromatic heterocycles. The first-order valence-corrected chi connectivity index (χ1v) is 14.2. The number of alkyl halides is 3. The van der Waals surface area contributed by atoms with Crippen LogP contribution in [0.1, 0.15) is 39.0 Å². The third-order valence-corrected chi connectivity index (χ3v) is 8.25. The van der Waals surface area contributed by atoms with Crippen molar-refractivity contribution in [2.24, 2.45) is 22.4 Å². The summed E-state index contributed by atoms with van der Waals surface area (Å²) in [6, 6.07) is 10.9.